The summed E-state index contributed by atoms with van der Waals surface area (Å²) in [6.45, 7) is 15.5. The molecule has 0 heterocycles. The molecule has 1 unspecified atom stereocenters. The van der Waals surface area contributed by atoms with E-state index >= 15 is 0 Å². The summed E-state index contributed by atoms with van der Waals surface area (Å²) in [6, 6.07) is 0. The van der Waals surface area contributed by atoms with Gasteiger partial charge < -0.3 is 4.90 Å². The molecule has 0 amide bonds. The minimum absolute atomic E-state index is 0.664. The van der Waals surface area contributed by atoms with Crippen LogP contribution in [0.1, 0.15) is 67.2 Å². The fourth-order valence-corrected chi connectivity index (χ4v) is 2.08. The van der Waals surface area contributed by atoms with Gasteiger partial charge in [-0.3, -0.25) is 0 Å². The molecule has 116 valence electrons. The number of hydrogen-bond acceptors (Lipinski definition) is 1. The molecule has 1 heteroatoms. The minimum atomic E-state index is 0.664. The molecule has 0 aromatic heterocycles. The molecular weight excluding hydrogens is 242 g/mol. The van der Waals surface area contributed by atoms with Crippen molar-refractivity contribution < 1.29 is 0 Å². The van der Waals surface area contributed by atoms with Crippen LogP contribution in [0.15, 0.2) is 35.6 Å². The zero-order chi connectivity index (χ0) is 15.4. The summed E-state index contributed by atoms with van der Waals surface area (Å²) in [6.07, 6.45) is 14.2. The van der Waals surface area contributed by atoms with Gasteiger partial charge in [0, 0.05) is 13.1 Å². The molecule has 0 saturated heterocycles. The quantitative estimate of drug-likeness (QED) is 0.446. The van der Waals surface area contributed by atoms with Crippen molar-refractivity contribution in [1.29, 1.82) is 0 Å². The van der Waals surface area contributed by atoms with Crippen LogP contribution in [-0.4, -0.2) is 18.0 Å². The highest BCUT2D eigenvalue weighted by molar-refractivity contribution is 5.02. The fraction of sp³-hybridized carbons (Fsp3) is 0.684. The summed E-state index contributed by atoms with van der Waals surface area (Å²) in [4.78, 5) is 2.34. The summed E-state index contributed by atoms with van der Waals surface area (Å²) >= 11 is 0. The molecule has 1 nitrogen and oxygen atoms in total. The Kier molecular flexibility index (Phi) is 11.2. The molecule has 0 N–H and O–H groups in total. The van der Waals surface area contributed by atoms with Crippen molar-refractivity contribution in [3.63, 3.8) is 0 Å². The van der Waals surface area contributed by atoms with Crippen LogP contribution in [0.25, 0.3) is 0 Å². The lowest BCUT2D eigenvalue weighted by atomic mass is 10.0. The van der Waals surface area contributed by atoms with Crippen LogP contribution in [0.4, 0.5) is 0 Å². The van der Waals surface area contributed by atoms with Gasteiger partial charge in [0.25, 0.3) is 0 Å². The van der Waals surface area contributed by atoms with E-state index in [-0.39, 0.29) is 0 Å². The fourth-order valence-electron chi connectivity index (χ4n) is 2.08. The van der Waals surface area contributed by atoms with Gasteiger partial charge in [-0.05, 0) is 72.4 Å². The second-order valence-corrected chi connectivity index (χ2v) is 5.99. The van der Waals surface area contributed by atoms with Gasteiger partial charge in [0.15, 0.2) is 0 Å². The molecule has 0 spiro atoms. The van der Waals surface area contributed by atoms with Crippen molar-refractivity contribution in [2.45, 2.75) is 67.2 Å². The van der Waals surface area contributed by atoms with Crippen LogP contribution in [0.2, 0.25) is 0 Å². The van der Waals surface area contributed by atoms with Gasteiger partial charge in [0.05, 0.1) is 0 Å². The van der Waals surface area contributed by atoms with Gasteiger partial charge in [-0.25, -0.2) is 0 Å². The second-order valence-electron chi connectivity index (χ2n) is 5.99. The average molecular weight is 277 g/mol. The van der Waals surface area contributed by atoms with E-state index in [0.29, 0.717) is 5.92 Å². The molecule has 0 radical (unpaired) electrons. The monoisotopic (exact) mass is 277 g/mol. The van der Waals surface area contributed by atoms with Gasteiger partial charge in [0.2, 0.25) is 0 Å². The van der Waals surface area contributed by atoms with Crippen molar-refractivity contribution in [2.75, 3.05) is 13.1 Å². The van der Waals surface area contributed by atoms with Crippen LogP contribution in [-0.2, 0) is 0 Å². The Hall–Kier alpha value is -0.980. The van der Waals surface area contributed by atoms with Gasteiger partial charge in [-0.2, -0.15) is 0 Å². The Labute approximate surface area is 127 Å². The molecule has 1 atom stereocenters. The summed E-state index contributed by atoms with van der Waals surface area (Å²) in [5.41, 5.74) is 2.95. The lowest BCUT2D eigenvalue weighted by Gasteiger charge is -2.15. The lowest BCUT2D eigenvalue weighted by molar-refractivity contribution is 0.414. The van der Waals surface area contributed by atoms with Crippen LogP contribution >= 0.6 is 0 Å². The van der Waals surface area contributed by atoms with Gasteiger partial charge in [-0.15, -0.1) is 0 Å². The van der Waals surface area contributed by atoms with Crippen molar-refractivity contribution in [3.05, 3.63) is 35.6 Å². The topological polar surface area (TPSA) is 3.24 Å². The SMILES string of the molecule is CCN(/C=C/C(C)CC/C=C(\C)CCC=C(C)C)CC. The van der Waals surface area contributed by atoms with E-state index in [2.05, 4.69) is 70.9 Å². The summed E-state index contributed by atoms with van der Waals surface area (Å²) < 4.78 is 0. The van der Waals surface area contributed by atoms with Crippen molar-refractivity contribution in [3.8, 4) is 0 Å². The first-order valence-corrected chi connectivity index (χ1v) is 8.20. The molecule has 0 saturated carbocycles. The molecule has 0 fully saturated rings. The molecule has 0 aromatic rings. The zero-order valence-corrected chi connectivity index (χ0v) is 14.6. The van der Waals surface area contributed by atoms with Crippen LogP contribution in [0.5, 0.6) is 0 Å². The Morgan fingerprint density at radius 2 is 1.65 bits per heavy atom. The predicted molar refractivity (Wildman–Crippen MR) is 92.9 cm³/mol. The third kappa shape index (κ3) is 10.9. The zero-order valence-electron chi connectivity index (χ0n) is 14.6. The van der Waals surface area contributed by atoms with E-state index in [4.69, 9.17) is 0 Å². The molecule has 0 rings (SSSR count). The number of hydrogen-bond donors (Lipinski definition) is 0. The first kappa shape index (κ1) is 19.0. The number of allylic oxidation sites excluding steroid dienone is 5. The van der Waals surface area contributed by atoms with E-state index < -0.39 is 0 Å². The molecule has 0 aliphatic carbocycles. The highest BCUT2D eigenvalue weighted by Crippen LogP contribution is 2.12. The standard InChI is InChI=1S/C19H35N/c1-7-20(8-2)16-15-19(6)14-10-13-18(5)12-9-11-17(3)4/h11,13,15-16,19H,7-10,12,14H2,1-6H3/b16-15+,18-13+. The van der Waals surface area contributed by atoms with Crippen molar-refractivity contribution in [1.82, 2.24) is 4.90 Å². The summed E-state index contributed by atoms with van der Waals surface area (Å²) in [5.74, 6) is 0.664. The number of nitrogens with zero attached hydrogens (tertiary/aromatic N) is 1. The molecular formula is C19H35N. The van der Waals surface area contributed by atoms with Crippen molar-refractivity contribution >= 4 is 0 Å². The van der Waals surface area contributed by atoms with Gasteiger partial charge >= 0.3 is 0 Å². The van der Waals surface area contributed by atoms with Crippen LogP contribution in [0, 0.1) is 5.92 Å². The normalized spacial score (nSPS) is 13.6. The van der Waals surface area contributed by atoms with E-state index in [1.807, 2.05) is 0 Å². The average Bonchev–Trinajstić information content (AvgIpc) is 2.39. The number of rotatable bonds is 10. The molecule has 20 heavy (non-hydrogen) atoms. The van der Waals surface area contributed by atoms with Crippen molar-refractivity contribution in [2.24, 2.45) is 5.92 Å². The van der Waals surface area contributed by atoms with Gasteiger partial charge in [0.1, 0.15) is 0 Å². The third-order valence-electron chi connectivity index (χ3n) is 3.64. The molecule has 0 aliphatic heterocycles. The highest BCUT2D eigenvalue weighted by Gasteiger charge is 1.97. The Balaban J connectivity index is 3.94. The predicted octanol–water partition coefficient (Wildman–Crippen LogP) is 5.95. The van der Waals surface area contributed by atoms with E-state index in [9.17, 15) is 0 Å². The third-order valence-corrected chi connectivity index (χ3v) is 3.64. The first-order chi connectivity index (χ1) is 9.49. The Morgan fingerprint density at radius 1 is 1.00 bits per heavy atom. The smallest absolute Gasteiger partial charge is 0.0143 e. The Morgan fingerprint density at radius 3 is 2.20 bits per heavy atom. The molecule has 0 aliphatic rings. The van der Waals surface area contributed by atoms with E-state index in [1.165, 1.54) is 36.8 Å². The summed E-state index contributed by atoms with van der Waals surface area (Å²) in [5, 5.41) is 0. The minimum Gasteiger partial charge on any atom is -0.378 e. The second kappa shape index (κ2) is 11.8. The van der Waals surface area contributed by atoms with Gasteiger partial charge in [-0.1, -0.05) is 36.3 Å². The maximum absolute atomic E-state index is 2.42. The van der Waals surface area contributed by atoms with Crippen LogP contribution < -0.4 is 0 Å². The molecule has 0 bridgehead atoms. The maximum atomic E-state index is 2.42. The maximum Gasteiger partial charge on any atom is 0.0143 e. The highest BCUT2D eigenvalue weighted by atomic mass is 15.1. The Bertz CT molecular complexity index is 315. The molecule has 0 aromatic carbocycles. The lowest BCUT2D eigenvalue weighted by Crippen LogP contribution is -2.15. The van der Waals surface area contributed by atoms with Crippen LogP contribution in [0.3, 0.4) is 0 Å². The first-order valence-electron chi connectivity index (χ1n) is 8.20. The summed E-state index contributed by atoms with van der Waals surface area (Å²) in [7, 11) is 0. The largest absolute Gasteiger partial charge is 0.378 e. The van der Waals surface area contributed by atoms with E-state index in [1.54, 1.807) is 0 Å². The van der Waals surface area contributed by atoms with E-state index in [0.717, 1.165) is 13.1 Å².